The summed E-state index contributed by atoms with van der Waals surface area (Å²) in [6.45, 7) is 9.09. The Morgan fingerprint density at radius 2 is 2.14 bits per heavy atom. The van der Waals surface area contributed by atoms with Crippen molar-refractivity contribution in [3.05, 3.63) is 41.3 Å². The highest BCUT2D eigenvalue weighted by Gasteiger charge is 2.25. The van der Waals surface area contributed by atoms with Gasteiger partial charge in [-0.05, 0) is 44.0 Å². The number of nitrogens with one attached hydrogen (secondary N) is 2. The van der Waals surface area contributed by atoms with E-state index in [2.05, 4.69) is 39.2 Å². The van der Waals surface area contributed by atoms with Gasteiger partial charge in [0.05, 0.1) is 5.69 Å². The molecule has 3 N–H and O–H groups in total. The maximum Gasteiger partial charge on any atom is 0.182 e. The van der Waals surface area contributed by atoms with Crippen molar-refractivity contribution < 1.29 is 9.50 Å². The van der Waals surface area contributed by atoms with Gasteiger partial charge in [-0.25, -0.2) is 9.37 Å². The van der Waals surface area contributed by atoms with Crippen molar-refractivity contribution in [2.24, 2.45) is 0 Å². The molecule has 2 aromatic heterocycles. The number of nitrogens with zero attached hydrogens (tertiary/aromatic N) is 3. The Hall–Kier alpha value is -2.51. The minimum Gasteiger partial charge on any atom is -0.508 e. The number of fused-ring (bicyclic) bond motifs is 1. The molecule has 0 spiro atoms. The number of rotatable bonds is 4. The van der Waals surface area contributed by atoms with Crippen molar-refractivity contribution in [3.8, 4) is 17.0 Å². The van der Waals surface area contributed by atoms with Crippen molar-refractivity contribution in [2.75, 3.05) is 13.1 Å². The highest BCUT2D eigenvalue weighted by molar-refractivity contribution is 5.84. The number of hydrogen-bond acceptors (Lipinski definition) is 5. The van der Waals surface area contributed by atoms with Gasteiger partial charge in [0.2, 0.25) is 0 Å². The molecule has 4 rings (SSSR count). The fourth-order valence-electron chi connectivity index (χ4n) is 3.95. The summed E-state index contributed by atoms with van der Waals surface area (Å²) in [5.41, 5.74) is 3.53. The van der Waals surface area contributed by atoms with Crippen LogP contribution < -0.4 is 5.32 Å². The van der Waals surface area contributed by atoms with E-state index in [0.717, 1.165) is 48.8 Å². The second-order valence-corrected chi connectivity index (χ2v) is 7.67. The van der Waals surface area contributed by atoms with Crippen LogP contribution in [0.3, 0.4) is 0 Å². The number of H-pyrrole nitrogens is 1. The number of aromatic nitrogens is 3. The Balaban J connectivity index is 1.77. The van der Waals surface area contributed by atoms with Crippen molar-refractivity contribution in [2.45, 2.75) is 45.8 Å². The minimum atomic E-state index is -0.494. The van der Waals surface area contributed by atoms with Crippen LogP contribution in [0.25, 0.3) is 22.3 Å². The largest absolute Gasteiger partial charge is 0.508 e. The summed E-state index contributed by atoms with van der Waals surface area (Å²) in [6.07, 6.45) is 1.09. The smallest absolute Gasteiger partial charge is 0.182 e. The van der Waals surface area contributed by atoms with E-state index in [1.807, 2.05) is 13.0 Å². The SMILES string of the molecule is CCC1CN(Cc2cc(-c3ccc(O)cc3F)nc3n[nH]c(C)c23)C(C)CN1. The summed E-state index contributed by atoms with van der Waals surface area (Å²) >= 11 is 0. The number of aromatic amines is 1. The lowest BCUT2D eigenvalue weighted by Gasteiger charge is -2.38. The van der Waals surface area contributed by atoms with Crippen LogP contribution in [0.2, 0.25) is 0 Å². The molecule has 7 heteroatoms. The van der Waals surface area contributed by atoms with Crippen LogP contribution in [0.5, 0.6) is 5.75 Å². The van der Waals surface area contributed by atoms with Crippen molar-refractivity contribution >= 4 is 11.0 Å². The number of aromatic hydroxyl groups is 1. The number of hydrogen-bond donors (Lipinski definition) is 3. The summed E-state index contributed by atoms with van der Waals surface area (Å²) in [6, 6.07) is 6.99. The van der Waals surface area contributed by atoms with E-state index in [9.17, 15) is 9.50 Å². The maximum atomic E-state index is 14.4. The predicted molar refractivity (Wildman–Crippen MR) is 108 cm³/mol. The molecular formula is C21H26FN5O. The summed E-state index contributed by atoms with van der Waals surface area (Å²) in [5.74, 6) is -0.593. The van der Waals surface area contributed by atoms with E-state index < -0.39 is 5.82 Å². The minimum absolute atomic E-state index is 0.0987. The molecule has 3 aromatic rings. The zero-order chi connectivity index (χ0) is 19.8. The summed E-state index contributed by atoms with van der Waals surface area (Å²) in [7, 11) is 0. The van der Waals surface area contributed by atoms with Gasteiger partial charge in [-0.2, -0.15) is 5.10 Å². The van der Waals surface area contributed by atoms with E-state index in [1.165, 1.54) is 6.07 Å². The molecule has 2 unspecified atom stereocenters. The first-order valence-corrected chi connectivity index (χ1v) is 9.77. The molecule has 1 aliphatic rings. The van der Waals surface area contributed by atoms with Crippen LogP contribution in [0.15, 0.2) is 24.3 Å². The lowest BCUT2D eigenvalue weighted by Crippen LogP contribution is -2.54. The van der Waals surface area contributed by atoms with E-state index in [0.29, 0.717) is 29.0 Å². The fraction of sp³-hybridized carbons (Fsp3) is 0.429. The molecule has 3 heterocycles. The third kappa shape index (κ3) is 3.47. The van der Waals surface area contributed by atoms with E-state index >= 15 is 0 Å². The number of phenolic OH excluding ortho intramolecular Hbond substituents is 1. The number of halogens is 1. The van der Waals surface area contributed by atoms with Crippen LogP contribution in [0.4, 0.5) is 4.39 Å². The molecule has 6 nitrogen and oxygen atoms in total. The Morgan fingerprint density at radius 3 is 2.89 bits per heavy atom. The standard InChI is InChI=1S/C21H26FN5O/c1-4-15-11-27(12(2)9-23-15)10-14-7-19(17-6-5-16(28)8-18(17)22)24-21-20(14)13(3)25-26-21/h5-8,12,15,23,28H,4,9-11H2,1-3H3,(H,24,25,26). The normalized spacial score (nSPS) is 20.7. The molecule has 1 aromatic carbocycles. The van der Waals surface area contributed by atoms with Crippen LogP contribution in [0, 0.1) is 12.7 Å². The van der Waals surface area contributed by atoms with Crippen molar-refractivity contribution in [1.82, 2.24) is 25.4 Å². The lowest BCUT2D eigenvalue weighted by molar-refractivity contribution is 0.132. The molecule has 2 atom stereocenters. The van der Waals surface area contributed by atoms with Crippen LogP contribution in [-0.4, -0.2) is 50.4 Å². The summed E-state index contributed by atoms with van der Waals surface area (Å²) < 4.78 is 14.4. The van der Waals surface area contributed by atoms with Gasteiger partial charge in [-0.1, -0.05) is 6.92 Å². The van der Waals surface area contributed by atoms with Crippen LogP contribution >= 0.6 is 0 Å². The number of benzene rings is 1. The fourth-order valence-corrected chi connectivity index (χ4v) is 3.95. The van der Waals surface area contributed by atoms with Gasteiger partial charge < -0.3 is 10.4 Å². The lowest BCUT2D eigenvalue weighted by atomic mass is 10.0. The van der Waals surface area contributed by atoms with Gasteiger partial charge in [0.1, 0.15) is 11.6 Å². The number of aryl methyl sites for hydroxylation is 1. The summed E-state index contributed by atoms with van der Waals surface area (Å²) in [5, 5.41) is 21.4. The van der Waals surface area contributed by atoms with E-state index in [4.69, 9.17) is 0 Å². The third-order valence-corrected chi connectivity index (χ3v) is 5.66. The maximum absolute atomic E-state index is 14.4. The molecule has 0 aliphatic carbocycles. The second-order valence-electron chi connectivity index (χ2n) is 7.67. The van der Waals surface area contributed by atoms with E-state index in [1.54, 1.807) is 6.07 Å². The molecule has 1 fully saturated rings. The number of phenols is 1. The topological polar surface area (TPSA) is 77.1 Å². The van der Waals surface area contributed by atoms with Gasteiger partial charge in [0.15, 0.2) is 5.65 Å². The van der Waals surface area contributed by atoms with Gasteiger partial charge in [-0.15, -0.1) is 0 Å². The first kappa shape index (κ1) is 18.8. The molecule has 1 aliphatic heterocycles. The third-order valence-electron chi connectivity index (χ3n) is 5.66. The van der Waals surface area contributed by atoms with Gasteiger partial charge in [0.25, 0.3) is 0 Å². The molecular weight excluding hydrogens is 357 g/mol. The molecule has 0 saturated carbocycles. The van der Waals surface area contributed by atoms with Crippen molar-refractivity contribution in [3.63, 3.8) is 0 Å². The van der Waals surface area contributed by atoms with Gasteiger partial charge in [0, 0.05) is 54.4 Å². The molecule has 1 saturated heterocycles. The first-order chi connectivity index (χ1) is 13.5. The molecule has 148 valence electrons. The molecule has 28 heavy (non-hydrogen) atoms. The second kappa shape index (κ2) is 7.48. The van der Waals surface area contributed by atoms with Gasteiger partial charge in [-0.3, -0.25) is 10.00 Å². The predicted octanol–water partition coefficient (Wildman–Crippen LogP) is 3.35. The van der Waals surface area contributed by atoms with Gasteiger partial charge >= 0.3 is 0 Å². The molecule has 0 radical (unpaired) electrons. The molecule has 0 bridgehead atoms. The van der Waals surface area contributed by atoms with Crippen molar-refractivity contribution in [1.29, 1.82) is 0 Å². The highest BCUT2D eigenvalue weighted by atomic mass is 19.1. The highest BCUT2D eigenvalue weighted by Crippen LogP contribution is 2.30. The average molecular weight is 383 g/mol. The first-order valence-electron chi connectivity index (χ1n) is 9.77. The quantitative estimate of drug-likeness (QED) is 0.644. The number of pyridine rings is 1. The Kier molecular flexibility index (Phi) is 5.03. The zero-order valence-corrected chi connectivity index (χ0v) is 16.5. The molecule has 0 amide bonds. The average Bonchev–Trinajstić information content (AvgIpc) is 3.04. The van der Waals surface area contributed by atoms with Crippen LogP contribution in [0.1, 0.15) is 31.5 Å². The zero-order valence-electron chi connectivity index (χ0n) is 16.5. The Labute approximate surface area is 163 Å². The van der Waals surface area contributed by atoms with E-state index in [-0.39, 0.29) is 5.75 Å². The number of piperazine rings is 1. The Bertz CT molecular complexity index is 1000. The summed E-state index contributed by atoms with van der Waals surface area (Å²) in [4.78, 5) is 7.03. The monoisotopic (exact) mass is 383 g/mol. The Morgan fingerprint density at radius 1 is 1.32 bits per heavy atom. The van der Waals surface area contributed by atoms with Crippen LogP contribution in [-0.2, 0) is 6.54 Å².